The van der Waals surface area contributed by atoms with Gasteiger partial charge < -0.3 is 5.73 Å². The van der Waals surface area contributed by atoms with Gasteiger partial charge in [-0.25, -0.2) is 13.1 Å². The van der Waals surface area contributed by atoms with Gasteiger partial charge in [0.15, 0.2) is 0 Å². The zero-order valence-electron chi connectivity index (χ0n) is 7.67. The highest BCUT2D eigenvalue weighted by Gasteiger charge is 2.04. The van der Waals surface area contributed by atoms with Crippen molar-refractivity contribution in [1.82, 2.24) is 9.78 Å². The highest BCUT2D eigenvalue weighted by Crippen LogP contribution is 1.90. The van der Waals surface area contributed by atoms with Crippen molar-refractivity contribution >= 4 is 15.7 Å². The van der Waals surface area contributed by atoms with E-state index in [0.717, 1.165) is 10.9 Å². The first kappa shape index (κ1) is 10.7. The van der Waals surface area contributed by atoms with Crippen LogP contribution in [0.1, 0.15) is 0 Å². The van der Waals surface area contributed by atoms with Crippen LogP contribution in [0.3, 0.4) is 0 Å². The largest absolute Gasteiger partial charge is 0.382 e. The molecule has 0 fully saturated rings. The van der Waals surface area contributed by atoms with Crippen LogP contribution in [0.2, 0.25) is 0 Å². The monoisotopic (exact) mass is 217 g/mol. The summed E-state index contributed by atoms with van der Waals surface area (Å²) >= 11 is 0. The summed E-state index contributed by atoms with van der Waals surface area (Å²) in [6.45, 7) is 0.0305. The number of rotatable bonds is 3. The molecule has 0 radical (unpaired) electrons. The minimum atomic E-state index is -3.09. The zero-order valence-corrected chi connectivity index (χ0v) is 8.49. The van der Waals surface area contributed by atoms with Gasteiger partial charge in [0, 0.05) is 12.3 Å². The molecule has 0 saturated carbocycles. The third-order valence-electron chi connectivity index (χ3n) is 1.56. The van der Waals surface area contributed by atoms with E-state index in [9.17, 15) is 13.2 Å². The summed E-state index contributed by atoms with van der Waals surface area (Å²) in [6.07, 6.45) is 1.10. The molecule has 14 heavy (non-hydrogen) atoms. The lowest BCUT2D eigenvalue weighted by molar-refractivity contribution is 0.577. The van der Waals surface area contributed by atoms with Gasteiger partial charge in [0.1, 0.15) is 15.7 Å². The van der Waals surface area contributed by atoms with Crippen LogP contribution < -0.4 is 11.3 Å². The number of hydrogen-bond donors (Lipinski definition) is 1. The van der Waals surface area contributed by atoms with Crippen molar-refractivity contribution in [2.75, 3.05) is 17.7 Å². The van der Waals surface area contributed by atoms with E-state index in [1.54, 1.807) is 0 Å². The molecule has 6 nitrogen and oxygen atoms in total. The zero-order chi connectivity index (χ0) is 10.8. The maximum absolute atomic E-state index is 11.1. The van der Waals surface area contributed by atoms with Gasteiger partial charge in [-0.1, -0.05) is 0 Å². The topological polar surface area (TPSA) is 95.1 Å². The first-order chi connectivity index (χ1) is 6.38. The molecule has 0 atom stereocenters. The molecule has 0 unspecified atom stereocenters. The highest BCUT2D eigenvalue weighted by molar-refractivity contribution is 7.90. The molecule has 0 spiro atoms. The van der Waals surface area contributed by atoms with E-state index in [0.29, 0.717) is 0 Å². The lowest BCUT2D eigenvalue weighted by Gasteiger charge is -2.03. The second kappa shape index (κ2) is 3.79. The van der Waals surface area contributed by atoms with Gasteiger partial charge in [-0.15, -0.1) is 0 Å². The number of aryl methyl sites for hydroxylation is 1. The molecule has 1 aromatic rings. The molecule has 78 valence electrons. The maximum atomic E-state index is 11.1. The number of anilines is 1. The molecular weight excluding hydrogens is 206 g/mol. The Balaban J connectivity index is 2.87. The Morgan fingerprint density at radius 3 is 2.71 bits per heavy atom. The van der Waals surface area contributed by atoms with Gasteiger partial charge in [0.2, 0.25) is 0 Å². The fraction of sp³-hybridized carbons (Fsp3) is 0.429. The molecular formula is C7H11N3O3S. The van der Waals surface area contributed by atoms with Crippen LogP contribution >= 0.6 is 0 Å². The van der Waals surface area contributed by atoms with Crippen LogP contribution in [0.15, 0.2) is 16.9 Å². The van der Waals surface area contributed by atoms with Crippen LogP contribution in [0.5, 0.6) is 0 Å². The van der Waals surface area contributed by atoms with E-state index < -0.39 is 9.84 Å². The third kappa shape index (κ3) is 3.17. The molecule has 2 N–H and O–H groups in total. The molecule has 0 aliphatic rings. The summed E-state index contributed by atoms with van der Waals surface area (Å²) in [5, 5.41) is 3.69. The van der Waals surface area contributed by atoms with E-state index in [4.69, 9.17) is 5.73 Å². The van der Waals surface area contributed by atoms with Crippen LogP contribution in [0, 0.1) is 0 Å². The molecule has 0 saturated heterocycles. The molecule has 1 rings (SSSR count). The van der Waals surface area contributed by atoms with Gasteiger partial charge in [0.05, 0.1) is 12.3 Å². The van der Waals surface area contributed by atoms with E-state index >= 15 is 0 Å². The van der Waals surface area contributed by atoms with Gasteiger partial charge in [-0.3, -0.25) is 4.79 Å². The minimum Gasteiger partial charge on any atom is -0.382 e. The standard InChI is InChI=1S/C7H11N3O3S/c1-14(12,13)5-4-10-7(11)3-2-6(8)9-10/h2-3H,4-5H2,1H3,(H2,8,9). The molecule has 0 aromatic carbocycles. The van der Waals surface area contributed by atoms with Crippen LogP contribution in [0.4, 0.5) is 5.82 Å². The fourth-order valence-electron chi connectivity index (χ4n) is 0.877. The van der Waals surface area contributed by atoms with E-state index in [2.05, 4.69) is 5.10 Å². The van der Waals surface area contributed by atoms with Crippen molar-refractivity contribution in [2.45, 2.75) is 6.54 Å². The van der Waals surface area contributed by atoms with Gasteiger partial charge in [0.25, 0.3) is 5.56 Å². The third-order valence-corrected chi connectivity index (χ3v) is 2.49. The molecule has 0 aliphatic heterocycles. The minimum absolute atomic E-state index is 0.0305. The van der Waals surface area contributed by atoms with E-state index in [-0.39, 0.29) is 23.7 Å². The Hall–Kier alpha value is -1.37. The molecule has 0 amide bonds. The predicted molar refractivity (Wildman–Crippen MR) is 52.6 cm³/mol. The van der Waals surface area contributed by atoms with Crippen molar-refractivity contribution < 1.29 is 8.42 Å². The Morgan fingerprint density at radius 1 is 1.50 bits per heavy atom. The van der Waals surface area contributed by atoms with Crippen molar-refractivity contribution in [1.29, 1.82) is 0 Å². The molecule has 0 bridgehead atoms. The van der Waals surface area contributed by atoms with E-state index in [1.165, 1.54) is 12.1 Å². The number of nitrogens with zero attached hydrogens (tertiary/aromatic N) is 2. The van der Waals surface area contributed by atoms with E-state index in [1.807, 2.05) is 0 Å². The number of hydrogen-bond acceptors (Lipinski definition) is 5. The first-order valence-corrected chi connectivity index (χ1v) is 5.96. The smallest absolute Gasteiger partial charge is 0.266 e. The number of aromatic nitrogens is 2. The first-order valence-electron chi connectivity index (χ1n) is 3.90. The Bertz CT molecular complexity index is 477. The lowest BCUT2D eigenvalue weighted by Crippen LogP contribution is -2.26. The van der Waals surface area contributed by atoms with Crippen molar-refractivity contribution in [3.63, 3.8) is 0 Å². The van der Waals surface area contributed by atoms with Crippen LogP contribution in [0.25, 0.3) is 0 Å². The summed E-state index contributed by atoms with van der Waals surface area (Å²) in [5.41, 5.74) is 4.99. The average molecular weight is 217 g/mol. The summed E-state index contributed by atoms with van der Waals surface area (Å²) < 4.78 is 22.7. The van der Waals surface area contributed by atoms with Crippen molar-refractivity contribution in [3.8, 4) is 0 Å². The summed E-state index contributed by atoms with van der Waals surface area (Å²) in [7, 11) is -3.09. The fourth-order valence-corrected chi connectivity index (χ4v) is 1.38. The van der Waals surface area contributed by atoms with Gasteiger partial charge >= 0.3 is 0 Å². The SMILES string of the molecule is CS(=O)(=O)CCn1nc(N)ccc1=O. The quantitative estimate of drug-likeness (QED) is 0.691. The lowest BCUT2D eigenvalue weighted by atomic mass is 10.5. The van der Waals surface area contributed by atoms with Crippen LogP contribution in [-0.2, 0) is 16.4 Å². The molecule has 1 aromatic heterocycles. The van der Waals surface area contributed by atoms with Crippen molar-refractivity contribution in [3.05, 3.63) is 22.5 Å². The van der Waals surface area contributed by atoms with Gasteiger partial charge in [-0.2, -0.15) is 5.10 Å². The molecule has 7 heteroatoms. The second-order valence-corrected chi connectivity index (χ2v) is 5.21. The van der Waals surface area contributed by atoms with Gasteiger partial charge in [-0.05, 0) is 6.07 Å². The summed E-state index contributed by atoms with van der Waals surface area (Å²) in [6, 6.07) is 2.63. The number of sulfone groups is 1. The Labute approximate surface area is 81.3 Å². The normalized spacial score (nSPS) is 11.5. The highest BCUT2D eigenvalue weighted by atomic mass is 32.2. The van der Waals surface area contributed by atoms with Crippen molar-refractivity contribution in [2.24, 2.45) is 0 Å². The predicted octanol–water partition coefficient (Wildman–Crippen LogP) is -1.13. The Morgan fingerprint density at radius 2 is 2.14 bits per heavy atom. The molecule has 0 aliphatic carbocycles. The number of nitrogen functional groups attached to an aromatic ring is 1. The van der Waals surface area contributed by atoms with Crippen LogP contribution in [-0.4, -0.2) is 30.2 Å². The maximum Gasteiger partial charge on any atom is 0.266 e. The Kier molecular flexibility index (Phi) is 2.90. The molecule has 1 heterocycles. The summed E-state index contributed by atoms with van der Waals surface area (Å²) in [5.74, 6) is 0.0710. The number of nitrogens with two attached hydrogens (primary N) is 1. The summed E-state index contributed by atoms with van der Waals surface area (Å²) in [4.78, 5) is 11.1. The second-order valence-electron chi connectivity index (χ2n) is 2.95. The average Bonchev–Trinajstić information content (AvgIpc) is 2.05.